The average Bonchev–Trinajstić information content (AvgIpc) is 2.50. The molecule has 0 aliphatic heterocycles. The molecule has 29 heavy (non-hydrogen) atoms. The van der Waals surface area contributed by atoms with Gasteiger partial charge in [-0.2, -0.15) is 65.9 Å². The van der Waals surface area contributed by atoms with Crippen molar-refractivity contribution in [3.05, 3.63) is 12.2 Å². The molecule has 0 bridgehead atoms. The van der Waals surface area contributed by atoms with Gasteiger partial charge in [0.2, 0.25) is 0 Å². The third-order valence-corrected chi connectivity index (χ3v) is 3.42. The first-order chi connectivity index (χ1) is 12.3. The van der Waals surface area contributed by atoms with E-state index in [4.69, 9.17) is 0 Å². The lowest BCUT2D eigenvalue weighted by Crippen LogP contribution is -2.72. The summed E-state index contributed by atoms with van der Waals surface area (Å²) in [6.45, 7) is 2.43. The van der Waals surface area contributed by atoms with Crippen LogP contribution in [0.15, 0.2) is 12.2 Å². The first-order valence-electron chi connectivity index (χ1n) is 6.55. The molecule has 0 aliphatic rings. The SMILES string of the molecule is C=C(CCC(F)(F)C(F)(F)C(F)(F)C(F)(F)C(F)(F)C(F)(F)C(F)(F)F)C(=O)[O-]. The van der Waals surface area contributed by atoms with Gasteiger partial charge in [0.15, 0.2) is 0 Å². The van der Waals surface area contributed by atoms with Crippen LogP contribution in [0.4, 0.5) is 65.9 Å². The summed E-state index contributed by atoms with van der Waals surface area (Å²) < 4.78 is 193. The van der Waals surface area contributed by atoms with Gasteiger partial charge in [-0.05, 0) is 12.0 Å². The van der Waals surface area contributed by atoms with Gasteiger partial charge in [0.05, 0.1) is 5.97 Å². The fraction of sp³-hybridized carbons (Fsp3) is 0.750. The highest BCUT2D eigenvalue weighted by molar-refractivity contribution is 5.83. The van der Waals surface area contributed by atoms with Crippen LogP contribution >= 0.6 is 0 Å². The number of hydrogen-bond donors (Lipinski definition) is 0. The summed E-state index contributed by atoms with van der Waals surface area (Å²) in [6.07, 6.45) is -12.3. The summed E-state index contributed by atoms with van der Waals surface area (Å²) in [5, 5.41) is 10.2. The predicted molar refractivity (Wildman–Crippen MR) is 59.1 cm³/mol. The molecule has 0 heterocycles. The van der Waals surface area contributed by atoms with E-state index in [0.29, 0.717) is 0 Å². The lowest BCUT2D eigenvalue weighted by molar-refractivity contribution is -0.452. The molecule has 0 aromatic carbocycles. The maximum atomic E-state index is 13.3. The highest BCUT2D eigenvalue weighted by Gasteiger charge is 2.93. The van der Waals surface area contributed by atoms with E-state index in [9.17, 15) is 75.8 Å². The van der Waals surface area contributed by atoms with Gasteiger partial charge in [-0.15, -0.1) is 0 Å². The summed E-state index contributed by atoms with van der Waals surface area (Å²) >= 11 is 0. The standard InChI is InChI=1S/C12H7F15O2/c1-4(5(28)29)2-3-6(13,14)7(15,16)8(17,18)9(19,20)10(21,22)11(23,24)12(25,26)27/h1-3H2,(H,28,29)/p-1. The van der Waals surface area contributed by atoms with E-state index in [-0.39, 0.29) is 0 Å². The third-order valence-electron chi connectivity index (χ3n) is 3.42. The number of alkyl halides is 15. The van der Waals surface area contributed by atoms with Crippen molar-refractivity contribution in [3.63, 3.8) is 0 Å². The zero-order chi connectivity index (χ0) is 24.1. The molecule has 0 aromatic heterocycles. The molecule has 0 rings (SSSR count). The molecule has 2 nitrogen and oxygen atoms in total. The summed E-state index contributed by atoms with van der Waals surface area (Å²) in [6, 6.07) is 0. The van der Waals surface area contributed by atoms with E-state index in [1.807, 2.05) is 0 Å². The number of halogens is 15. The number of carboxylic acid groups (broad SMARTS) is 1. The minimum Gasteiger partial charge on any atom is -0.545 e. The Morgan fingerprint density at radius 3 is 1.24 bits per heavy atom. The highest BCUT2D eigenvalue weighted by Crippen LogP contribution is 2.62. The van der Waals surface area contributed by atoms with Crippen LogP contribution in [-0.4, -0.2) is 47.7 Å². The quantitative estimate of drug-likeness (QED) is 0.372. The van der Waals surface area contributed by atoms with Gasteiger partial charge in [-0.3, -0.25) is 0 Å². The molecule has 0 aliphatic carbocycles. The summed E-state index contributed by atoms with van der Waals surface area (Å²) in [7, 11) is 0. The number of aliphatic carboxylic acids is 1. The third kappa shape index (κ3) is 3.95. The smallest absolute Gasteiger partial charge is 0.460 e. The molecule has 0 N–H and O–H groups in total. The Bertz CT molecular complexity index is 646. The van der Waals surface area contributed by atoms with Gasteiger partial charge in [0.1, 0.15) is 0 Å². The van der Waals surface area contributed by atoms with Gasteiger partial charge in [0.25, 0.3) is 0 Å². The molecule has 0 saturated carbocycles. The highest BCUT2D eigenvalue weighted by atomic mass is 19.4. The van der Waals surface area contributed by atoms with Gasteiger partial charge in [0, 0.05) is 6.42 Å². The Kier molecular flexibility index (Phi) is 6.69. The Morgan fingerprint density at radius 2 is 0.931 bits per heavy atom. The summed E-state index contributed by atoms with van der Waals surface area (Å²) in [5.41, 5.74) is -1.47. The first kappa shape index (κ1) is 27.2. The number of carbonyl (C=O) groups is 1. The molecule has 0 aromatic rings. The number of carbonyl (C=O) groups excluding carboxylic acids is 1. The van der Waals surface area contributed by atoms with Crippen LogP contribution in [0.2, 0.25) is 0 Å². The van der Waals surface area contributed by atoms with Crippen LogP contribution in [0.3, 0.4) is 0 Å². The van der Waals surface area contributed by atoms with Crippen molar-refractivity contribution in [2.24, 2.45) is 0 Å². The van der Waals surface area contributed by atoms with Crippen molar-refractivity contribution in [3.8, 4) is 0 Å². The fourth-order valence-corrected chi connectivity index (χ4v) is 1.57. The minimum absolute atomic E-state index is 1.47. The molecular weight excluding hydrogens is 461 g/mol. The second kappa shape index (κ2) is 7.14. The number of rotatable bonds is 9. The Labute approximate surface area is 150 Å². The van der Waals surface area contributed by atoms with E-state index in [1.54, 1.807) is 0 Å². The molecule has 0 atom stereocenters. The van der Waals surface area contributed by atoms with Crippen molar-refractivity contribution >= 4 is 5.97 Å². The molecule has 0 radical (unpaired) electrons. The number of carboxylic acids is 1. The Morgan fingerprint density at radius 1 is 0.621 bits per heavy atom. The number of hydrogen-bond acceptors (Lipinski definition) is 2. The molecule has 0 unspecified atom stereocenters. The maximum absolute atomic E-state index is 13.3. The van der Waals surface area contributed by atoms with Crippen LogP contribution in [0.5, 0.6) is 0 Å². The topological polar surface area (TPSA) is 40.1 Å². The van der Waals surface area contributed by atoms with Crippen molar-refractivity contribution in [2.45, 2.75) is 54.6 Å². The van der Waals surface area contributed by atoms with E-state index < -0.39 is 66.1 Å². The molecule has 0 fully saturated rings. The lowest BCUT2D eigenvalue weighted by Gasteiger charge is -2.41. The Hall–Kier alpha value is -1.84. The molecule has 17 heteroatoms. The van der Waals surface area contributed by atoms with E-state index in [1.165, 1.54) is 0 Å². The van der Waals surface area contributed by atoms with Crippen molar-refractivity contribution in [1.29, 1.82) is 0 Å². The second-order valence-electron chi connectivity index (χ2n) is 5.47. The normalized spacial score (nSPS) is 15.4. The zero-order valence-corrected chi connectivity index (χ0v) is 13.1. The van der Waals surface area contributed by atoms with Crippen molar-refractivity contribution < 1.29 is 75.8 Å². The molecular formula is C12H6F15O2-. The zero-order valence-electron chi connectivity index (χ0n) is 13.1. The average molecular weight is 467 g/mol. The minimum atomic E-state index is -8.36. The van der Waals surface area contributed by atoms with Crippen LogP contribution in [-0.2, 0) is 4.79 Å². The summed E-state index contributed by atoms with van der Waals surface area (Å²) in [4.78, 5) is 10.2. The maximum Gasteiger partial charge on any atom is 0.460 e. The fourth-order valence-electron chi connectivity index (χ4n) is 1.57. The van der Waals surface area contributed by atoms with Gasteiger partial charge in [-0.25, -0.2) is 0 Å². The van der Waals surface area contributed by atoms with Gasteiger partial charge < -0.3 is 9.90 Å². The second-order valence-corrected chi connectivity index (χ2v) is 5.47. The van der Waals surface area contributed by atoms with Gasteiger partial charge >= 0.3 is 41.7 Å². The molecule has 172 valence electrons. The van der Waals surface area contributed by atoms with Crippen LogP contribution < -0.4 is 5.11 Å². The first-order valence-corrected chi connectivity index (χ1v) is 6.55. The summed E-state index contributed by atoms with van der Waals surface area (Å²) in [5.74, 6) is -49.4. The van der Waals surface area contributed by atoms with E-state index in [2.05, 4.69) is 6.58 Å². The monoisotopic (exact) mass is 467 g/mol. The van der Waals surface area contributed by atoms with E-state index in [0.717, 1.165) is 0 Å². The van der Waals surface area contributed by atoms with E-state index >= 15 is 0 Å². The molecule has 0 saturated heterocycles. The van der Waals surface area contributed by atoms with Crippen LogP contribution in [0.25, 0.3) is 0 Å². The largest absolute Gasteiger partial charge is 0.545 e. The predicted octanol–water partition coefficient (Wildman–Crippen LogP) is 4.45. The van der Waals surface area contributed by atoms with Crippen LogP contribution in [0.1, 0.15) is 12.8 Å². The van der Waals surface area contributed by atoms with Gasteiger partial charge in [-0.1, -0.05) is 6.58 Å². The van der Waals surface area contributed by atoms with Crippen molar-refractivity contribution in [2.75, 3.05) is 0 Å². The van der Waals surface area contributed by atoms with Crippen LogP contribution in [0, 0.1) is 0 Å². The molecule has 0 amide bonds. The lowest BCUT2D eigenvalue weighted by atomic mass is 9.89. The Balaban J connectivity index is 6.28. The molecule has 0 spiro atoms. The van der Waals surface area contributed by atoms with Crippen molar-refractivity contribution in [1.82, 2.24) is 0 Å².